The standard InChI is InChI=1S/C10H19NO4/c1-9(2)10(12)15-6-5-11(7-13-3)8-14-4/h1,5-8H2,2-4H3. The highest BCUT2D eigenvalue weighted by Crippen LogP contribution is 1.94. The minimum atomic E-state index is -0.371. The van der Waals surface area contributed by atoms with E-state index in [1.54, 1.807) is 21.1 Å². The Balaban J connectivity index is 3.69. The predicted molar refractivity (Wildman–Crippen MR) is 56.2 cm³/mol. The molecule has 5 heteroatoms. The van der Waals surface area contributed by atoms with Crippen molar-refractivity contribution < 1.29 is 19.0 Å². The molecule has 5 nitrogen and oxygen atoms in total. The van der Waals surface area contributed by atoms with Crippen LogP contribution in [-0.4, -0.2) is 51.7 Å². The number of carbonyl (C=O) groups is 1. The van der Waals surface area contributed by atoms with Crippen LogP contribution in [0.4, 0.5) is 0 Å². The summed E-state index contributed by atoms with van der Waals surface area (Å²) in [5.41, 5.74) is 0.403. The third kappa shape index (κ3) is 7.07. The Morgan fingerprint density at radius 1 is 1.27 bits per heavy atom. The zero-order valence-electron chi connectivity index (χ0n) is 9.62. The summed E-state index contributed by atoms with van der Waals surface area (Å²) in [6, 6.07) is 0. The number of ether oxygens (including phenoxy) is 3. The third-order valence-corrected chi connectivity index (χ3v) is 1.61. The number of hydrogen-bond donors (Lipinski definition) is 0. The molecular weight excluding hydrogens is 198 g/mol. The minimum absolute atomic E-state index is 0.304. The largest absolute Gasteiger partial charge is 0.461 e. The quantitative estimate of drug-likeness (QED) is 0.339. The Labute approximate surface area is 90.6 Å². The number of rotatable bonds is 8. The van der Waals surface area contributed by atoms with Gasteiger partial charge in [0, 0.05) is 26.3 Å². The lowest BCUT2D eigenvalue weighted by Crippen LogP contribution is -2.32. The number of hydrogen-bond acceptors (Lipinski definition) is 5. The van der Waals surface area contributed by atoms with Gasteiger partial charge in [0.2, 0.25) is 0 Å². The van der Waals surface area contributed by atoms with Crippen molar-refractivity contribution in [2.45, 2.75) is 6.92 Å². The molecule has 0 saturated carbocycles. The molecule has 0 aliphatic rings. The van der Waals surface area contributed by atoms with Crippen LogP contribution in [0.3, 0.4) is 0 Å². The van der Waals surface area contributed by atoms with Crippen molar-refractivity contribution in [1.82, 2.24) is 4.90 Å². The van der Waals surface area contributed by atoms with Gasteiger partial charge < -0.3 is 14.2 Å². The molecule has 0 radical (unpaired) electrons. The van der Waals surface area contributed by atoms with Gasteiger partial charge in [-0.1, -0.05) is 6.58 Å². The average Bonchev–Trinajstić information content (AvgIpc) is 2.18. The van der Waals surface area contributed by atoms with E-state index in [0.29, 0.717) is 32.2 Å². The summed E-state index contributed by atoms with van der Waals surface area (Å²) >= 11 is 0. The second-order valence-corrected chi connectivity index (χ2v) is 3.15. The van der Waals surface area contributed by atoms with E-state index in [2.05, 4.69) is 6.58 Å². The van der Waals surface area contributed by atoms with Gasteiger partial charge in [-0.3, -0.25) is 4.90 Å². The van der Waals surface area contributed by atoms with E-state index < -0.39 is 0 Å². The van der Waals surface area contributed by atoms with Crippen LogP contribution in [0.2, 0.25) is 0 Å². The van der Waals surface area contributed by atoms with Crippen LogP contribution in [0.1, 0.15) is 6.92 Å². The first-order valence-corrected chi connectivity index (χ1v) is 4.64. The molecule has 0 rings (SSSR count). The summed E-state index contributed by atoms with van der Waals surface area (Å²) in [5, 5.41) is 0. The van der Waals surface area contributed by atoms with Crippen molar-refractivity contribution in [2.24, 2.45) is 0 Å². The smallest absolute Gasteiger partial charge is 0.333 e. The Bertz CT molecular complexity index is 200. The first-order chi connectivity index (χ1) is 7.11. The van der Waals surface area contributed by atoms with Crippen LogP contribution in [0.25, 0.3) is 0 Å². The van der Waals surface area contributed by atoms with Crippen LogP contribution in [0.5, 0.6) is 0 Å². The SMILES string of the molecule is C=C(C)C(=O)OCCN(COC)COC. The van der Waals surface area contributed by atoms with Gasteiger partial charge in [-0.25, -0.2) is 4.79 Å². The summed E-state index contributed by atoms with van der Waals surface area (Å²) in [5.74, 6) is -0.371. The van der Waals surface area contributed by atoms with Gasteiger partial charge in [-0.15, -0.1) is 0 Å². The maximum Gasteiger partial charge on any atom is 0.333 e. The maximum atomic E-state index is 11.0. The van der Waals surface area contributed by atoms with Crippen molar-refractivity contribution in [3.63, 3.8) is 0 Å². The molecule has 0 aromatic heterocycles. The molecule has 0 amide bonds. The summed E-state index contributed by atoms with van der Waals surface area (Å²) in [4.78, 5) is 12.9. The van der Waals surface area contributed by atoms with Crippen LogP contribution >= 0.6 is 0 Å². The van der Waals surface area contributed by atoms with Crippen LogP contribution < -0.4 is 0 Å². The van der Waals surface area contributed by atoms with E-state index in [-0.39, 0.29) is 5.97 Å². The van der Waals surface area contributed by atoms with Crippen LogP contribution in [-0.2, 0) is 19.0 Å². The number of carbonyl (C=O) groups excluding carboxylic acids is 1. The summed E-state index contributed by atoms with van der Waals surface area (Å²) in [6.07, 6.45) is 0. The highest BCUT2D eigenvalue weighted by Gasteiger charge is 2.06. The predicted octanol–water partition coefficient (Wildman–Crippen LogP) is 0.615. The molecule has 0 atom stereocenters. The van der Waals surface area contributed by atoms with Crippen LogP contribution in [0, 0.1) is 0 Å². The molecule has 0 aliphatic carbocycles. The first kappa shape index (κ1) is 14.1. The number of esters is 1. The molecule has 0 aromatic carbocycles. The van der Waals surface area contributed by atoms with Gasteiger partial charge in [0.25, 0.3) is 0 Å². The summed E-state index contributed by atoms with van der Waals surface area (Å²) < 4.78 is 14.8. The van der Waals surface area contributed by atoms with Gasteiger partial charge in [-0.2, -0.15) is 0 Å². The molecule has 0 aromatic rings. The number of methoxy groups -OCH3 is 2. The highest BCUT2D eigenvalue weighted by molar-refractivity contribution is 5.86. The molecule has 0 bridgehead atoms. The monoisotopic (exact) mass is 217 g/mol. The lowest BCUT2D eigenvalue weighted by molar-refractivity contribution is -0.140. The molecule has 0 saturated heterocycles. The molecule has 0 fully saturated rings. The lowest BCUT2D eigenvalue weighted by Gasteiger charge is -2.19. The van der Waals surface area contributed by atoms with E-state index in [1.807, 2.05) is 4.90 Å². The Kier molecular flexibility index (Phi) is 7.89. The third-order valence-electron chi connectivity index (χ3n) is 1.61. The molecule has 0 heterocycles. The molecule has 0 N–H and O–H groups in total. The van der Waals surface area contributed by atoms with Gasteiger partial charge in [-0.05, 0) is 6.92 Å². The molecule has 88 valence electrons. The van der Waals surface area contributed by atoms with Crippen molar-refractivity contribution in [3.05, 3.63) is 12.2 Å². The fraction of sp³-hybridized carbons (Fsp3) is 0.700. The van der Waals surface area contributed by atoms with Crippen LogP contribution in [0.15, 0.2) is 12.2 Å². The average molecular weight is 217 g/mol. The van der Waals surface area contributed by atoms with Gasteiger partial charge >= 0.3 is 5.97 Å². The van der Waals surface area contributed by atoms with Gasteiger partial charge in [0.05, 0.1) is 0 Å². The Morgan fingerprint density at radius 3 is 2.20 bits per heavy atom. The fourth-order valence-electron chi connectivity index (χ4n) is 0.922. The molecular formula is C10H19NO4. The second-order valence-electron chi connectivity index (χ2n) is 3.15. The first-order valence-electron chi connectivity index (χ1n) is 4.64. The fourth-order valence-corrected chi connectivity index (χ4v) is 0.922. The topological polar surface area (TPSA) is 48.0 Å². The van der Waals surface area contributed by atoms with Crippen molar-refractivity contribution >= 4 is 5.97 Å². The van der Waals surface area contributed by atoms with E-state index in [1.165, 1.54) is 0 Å². The van der Waals surface area contributed by atoms with Crippen molar-refractivity contribution in [2.75, 3.05) is 40.8 Å². The number of nitrogens with zero attached hydrogens (tertiary/aromatic N) is 1. The van der Waals surface area contributed by atoms with E-state index in [0.717, 1.165) is 0 Å². The molecule has 0 aliphatic heterocycles. The van der Waals surface area contributed by atoms with Crippen molar-refractivity contribution in [3.8, 4) is 0 Å². The van der Waals surface area contributed by atoms with Gasteiger partial charge in [0.15, 0.2) is 0 Å². The molecule has 0 spiro atoms. The zero-order chi connectivity index (χ0) is 11.7. The van der Waals surface area contributed by atoms with E-state index >= 15 is 0 Å². The minimum Gasteiger partial charge on any atom is -0.461 e. The van der Waals surface area contributed by atoms with E-state index in [4.69, 9.17) is 14.2 Å². The lowest BCUT2D eigenvalue weighted by atomic mass is 10.4. The maximum absolute atomic E-state index is 11.0. The molecule has 15 heavy (non-hydrogen) atoms. The Morgan fingerprint density at radius 2 is 1.80 bits per heavy atom. The highest BCUT2D eigenvalue weighted by atomic mass is 16.5. The normalized spacial score (nSPS) is 10.4. The second kappa shape index (κ2) is 8.40. The van der Waals surface area contributed by atoms with Crippen molar-refractivity contribution in [1.29, 1.82) is 0 Å². The summed E-state index contributed by atoms with van der Waals surface area (Å²) in [7, 11) is 3.20. The zero-order valence-corrected chi connectivity index (χ0v) is 9.62. The molecule has 0 unspecified atom stereocenters. The van der Waals surface area contributed by atoms with Gasteiger partial charge in [0.1, 0.15) is 20.1 Å². The summed E-state index contributed by atoms with van der Waals surface area (Å²) in [6.45, 7) is 6.86. The van der Waals surface area contributed by atoms with E-state index in [9.17, 15) is 4.79 Å². The Hall–Kier alpha value is -0.910.